The molecule has 0 spiro atoms. The summed E-state index contributed by atoms with van der Waals surface area (Å²) in [6.45, 7) is 7.17. The molecule has 0 amide bonds. The molecule has 2 aromatic carbocycles. The standard InChI is InChI=1S/C19H21NO/c1-4-21-19-8-6-5-7-15(19)17-11-14-9-10-20-18(14)12-16(17)13(2)3/h5-13,20H,4H2,1-3H3. The Morgan fingerprint density at radius 2 is 1.86 bits per heavy atom. The number of para-hydroxylation sites is 1. The van der Waals surface area contributed by atoms with Crippen LogP contribution in [0.1, 0.15) is 32.3 Å². The van der Waals surface area contributed by atoms with Crippen LogP contribution < -0.4 is 4.74 Å². The molecule has 1 heterocycles. The fourth-order valence-electron chi connectivity index (χ4n) is 2.80. The molecule has 0 fully saturated rings. The maximum atomic E-state index is 5.81. The van der Waals surface area contributed by atoms with Gasteiger partial charge >= 0.3 is 0 Å². The smallest absolute Gasteiger partial charge is 0.127 e. The van der Waals surface area contributed by atoms with Gasteiger partial charge in [0.1, 0.15) is 5.75 Å². The van der Waals surface area contributed by atoms with Gasteiger partial charge in [0.15, 0.2) is 0 Å². The SMILES string of the molecule is CCOc1ccccc1-c1cc2cc[nH]c2cc1C(C)C. The van der Waals surface area contributed by atoms with Crippen LogP contribution in [0.4, 0.5) is 0 Å². The van der Waals surface area contributed by atoms with Crippen LogP contribution in [0.3, 0.4) is 0 Å². The molecule has 0 aliphatic heterocycles. The molecule has 0 radical (unpaired) electrons. The fourth-order valence-corrected chi connectivity index (χ4v) is 2.80. The molecule has 1 aromatic heterocycles. The van der Waals surface area contributed by atoms with E-state index in [1.807, 2.05) is 25.3 Å². The zero-order valence-corrected chi connectivity index (χ0v) is 12.8. The van der Waals surface area contributed by atoms with Crippen molar-refractivity contribution < 1.29 is 4.74 Å². The number of nitrogens with one attached hydrogen (secondary N) is 1. The van der Waals surface area contributed by atoms with Crippen LogP contribution in [-0.2, 0) is 0 Å². The summed E-state index contributed by atoms with van der Waals surface area (Å²) in [5.41, 5.74) is 4.97. The van der Waals surface area contributed by atoms with Gasteiger partial charge < -0.3 is 9.72 Å². The van der Waals surface area contributed by atoms with E-state index in [1.54, 1.807) is 0 Å². The van der Waals surface area contributed by atoms with Gasteiger partial charge in [-0.1, -0.05) is 32.0 Å². The number of hydrogen-bond donors (Lipinski definition) is 1. The van der Waals surface area contributed by atoms with E-state index in [9.17, 15) is 0 Å². The average molecular weight is 279 g/mol. The third-order valence-corrected chi connectivity index (χ3v) is 3.82. The maximum Gasteiger partial charge on any atom is 0.127 e. The molecule has 3 aromatic rings. The Kier molecular flexibility index (Phi) is 3.70. The first-order valence-electron chi connectivity index (χ1n) is 7.54. The number of benzene rings is 2. The van der Waals surface area contributed by atoms with E-state index in [4.69, 9.17) is 4.74 Å². The van der Waals surface area contributed by atoms with Crippen molar-refractivity contribution in [3.8, 4) is 16.9 Å². The molecular formula is C19H21NO. The van der Waals surface area contributed by atoms with Crippen LogP contribution >= 0.6 is 0 Å². The highest BCUT2D eigenvalue weighted by molar-refractivity contribution is 5.88. The Labute approximate surface area is 125 Å². The Hall–Kier alpha value is -2.22. The van der Waals surface area contributed by atoms with Gasteiger partial charge in [-0.05, 0) is 53.6 Å². The van der Waals surface area contributed by atoms with Crippen molar-refractivity contribution in [2.45, 2.75) is 26.7 Å². The van der Waals surface area contributed by atoms with E-state index in [-0.39, 0.29) is 0 Å². The minimum Gasteiger partial charge on any atom is -0.493 e. The molecule has 0 saturated heterocycles. The molecule has 108 valence electrons. The summed E-state index contributed by atoms with van der Waals surface area (Å²) in [6.07, 6.45) is 1.99. The average Bonchev–Trinajstić information content (AvgIpc) is 2.94. The lowest BCUT2D eigenvalue weighted by Gasteiger charge is -2.16. The predicted octanol–water partition coefficient (Wildman–Crippen LogP) is 5.36. The monoisotopic (exact) mass is 279 g/mol. The van der Waals surface area contributed by atoms with Gasteiger partial charge in [0.2, 0.25) is 0 Å². The largest absolute Gasteiger partial charge is 0.493 e. The summed E-state index contributed by atoms with van der Waals surface area (Å²) < 4.78 is 5.81. The highest BCUT2D eigenvalue weighted by Crippen LogP contribution is 2.37. The Morgan fingerprint density at radius 3 is 2.62 bits per heavy atom. The van der Waals surface area contributed by atoms with Crippen LogP contribution in [0.2, 0.25) is 0 Å². The molecule has 0 saturated carbocycles. The van der Waals surface area contributed by atoms with Gasteiger partial charge in [0, 0.05) is 17.3 Å². The summed E-state index contributed by atoms with van der Waals surface area (Å²) in [5.74, 6) is 1.42. The topological polar surface area (TPSA) is 25.0 Å². The second kappa shape index (κ2) is 5.65. The van der Waals surface area contributed by atoms with Crippen LogP contribution in [0.25, 0.3) is 22.0 Å². The van der Waals surface area contributed by atoms with Crippen molar-refractivity contribution in [2.24, 2.45) is 0 Å². The lowest BCUT2D eigenvalue weighted by Crippen LogP contribution is -1.97. The van der Waals surface area contributed by atoms with Gasteiger partial charge in [-0.2, -0.15) is 0 Å². The first kappa shape index (κ1) is 13.7. The van der Waals surface area contributed by atoms with Gasteiger partial charge in [0.05, 0.1) is 6.61 Å². The molecule has 2 heteroatoms. The number of ether oxygens (including phenoxy) is 1. The molecule has 2 nitrogen and oxygen atoms in total. The van der Waals surface area contributed by atoms with E-state index >= 15 is 0 Å². The second-order valence-corrected chi connectivity index (χ2v) is 5.59. The quantitative estimate of drug-likeness (QED) is 0.683. The van der Waals surface area contributed by atoms with E-state index in [0.717, 1.165) is 5.75 Å². The van der Waals surface area contributed by atoms with Crippen LogP contribution in [0.15, 0.2) is 48.7 Å². The Bertz CT molecular complexity index is 755. The number of rotatable bonds is 4. The summed E-state index contributed by atoms with van der Waals surface area (Å²) >= 11 is 0. The molecule has 0 bridgehead atoms. The normalized spacial score (nSPS) is 11.2. The highest BCUT2D eigenvalue weighted by atomic mass is 16.5. The van der Waals surface area contributed by atoms with Crippen LogP contribution in [0, 0.1) is 0 Å². The predicted molar refractivity (Wildman–Crippen MR) is 89.0 cm³/mol. The second-order valence-electron chi connectivity index (χ2n) is 5.59. The number of fused-ring (bicyclic) bond motifs is 1. The third kappa shape index (κ3) is 2.54. The maximum absolute atomic E-state index is 5.81. The molecular weight excluding hydrogens is 258 g/mol. The summed E-state index contributed by atoms with van der Waals surface area (Å²) in [5, 5.41) is 1.24. The third-order valence-electron chi connectivity index (χ3n) is 3.82. The Balaban J connectivity index is 2.25. The minimum atomic E-state index is 0.461. The zero-order valence-electron chi connectivity index (χ0n) is 12.8. The first-order valence-corrected chi connectivity index (χ1v) is 7.54. The summed E-state index contributed by atoms with van der Waals surface area (Å²) in [6, 6.07) is 14.9. The van der Waals surface area contributed by atoms with Crippen molar-refractivity contribution in [1.29, 1.82) is 0 Å². The fraction of sp³-hybridized carbons (Fsp3) is 0.263. The van der Waals surface area contributed by atoms with E-state index in [1.165, 1.54) is 27.6 Å². The van der Waals surface area contributed by atoms with Crippen molar-refractivity contribution in [2.75, 3.05) is 6.61 Å². The zero-order chi connectivity index (χ0) is 14.8. The highest BCUT2D eigenvalue weighted by Gasteiger charge is 2.14. The van der Waals surface area contributed by atoms with E-state index in [2.05, 4.69) is 49.2 Å². The molecule has 0 atom stereocenters. The van der Waals surface area contributed by atoms with E-state index < -0.39 is 0 Å². The number of aromatic amines is 1. The molecule has 0 aliphatic carbocycles. The van der Waals surface area contributed by atoms with Crippen molar-refractivity contribution in [3.63, 3.8) is 0 Å². The van der Waals surface area contributed by atoms with Gasteiger partial charge in [-0.3, -0.25) is 0 Å². The van der Waals surface area contributed by atoms with Crippen molar-refractivity contribution in [3.05, 3.63) is 54.2 Å². The first-order chi connectivity index (χ1) is 10.2. The van der Waals surface area contributed by atoms with Gasteiger partial charge in [-0.15, -0.1) is 0 Å². The molecule has 1 N–H and O–H groups in total. The van der Waals surface area contributed by atoms with Gasteiger partial charge in [0.25, 0.3) is 0 Å². The van der Waals surface area contributed by atoms with Crippen LogP contribution in [0.5, 0.6) is 5.75 Å². The number of aromatic nitrogens is 1. The van der Waals surface area contributed by atoms with Crippen molar-refractivity contribution >= 4 is 10.9 Å². The number of hydrogen-bond acceptors (Lipinski definition) is 1. The van der Waals surface area contributed by atoms with Crippen molar-refractivity contribution in [1.82, 2.24) is 4.98 Å². The summed E-state index contributed by atoms with van der Waals surface area (Å²) in [7, 11) is 0. The molecule has 21 heavy (non-hydrogen) atoms. The minimum absolute atomic E-state index is 0.461. The molecule has 0 unspecified atom stereocenters. The van der Waals surface area contributed by atoms with E-state index in [0.29, 0.717) is 12.5 Å². The Morgan fingerprint density at radius 1 is 1.05 bits per heavy atom. The molecule has 3 rings (SSSR count). The summed E-state index contributed by atoms with van der Waals surface area (Å²) in [4.78, 5) is 3.30. The molecule has 0 aliphatic rings. The lowest BCUT2D eigenvalue weighted by molar-refractivity contribution is 0.341. The van der Waals surface area contributed by atoms with Gasteiger partial charge in [-0.25, -0.2) is 0 Å². The van der Waals surface area contributed by atoms with Crippen LogP contribution in [-0.4, -0.2) is 11.6 Å². The lowest BCUT2D eigenvalue weighted by atomic mass is 9.91. The number of H-pyrrole nitrogens is 1.